The molecule has 22 heavy (non-hydrogen) atoms. The van der Waals surface area contributed by atoms with Crippen molar-refractivity contribution in [1.82, 2.24) is 19.6 Å². The van der Waals surface area contributed by atoms with E-state index < -0.39 is 11.9 Å². The highest BCUT2D eigenvalue weighted by atomic mass is 35.5. The van der Waals surface area contributed by atoms with Crippen molar-refractivity contribution in [1.29, 1.82) is 0 Å². The fraction of sp³-hybridized carbons (Fsp3) is 0.538. The topological polar surface area (TPSA) is 47.7 Å². The first kappa shape index (κ1) is 18.3. The highest BCUT2D eigenvalue weighted by molar-refractivity contribution is 5.85. The van der Waals surface area contributed by atoms with Crippen LogP contribution in [0.5, 0.6) is 0 Å². The molecule has 2 aromatic heterocycles. The number of hydrogen-bond donors (Lipinski definition) is 1. The lowest BCUT2D eigenvalue weighted by atomic mass is 10.2. The minimum atomic E-state index is -4.45. The van der Waals surface area contributed by atoms with Crippen LogP contribution in [0.4, 0.5) is 19.0 Å². The van der Waals surface area contributed by atoms with E-state index >= 15 is 0 Å². The molecule has 0 aliphatic heterocycles. The summed E-state index contributed by atoms with van der Waals surface area (Å²) in [5, 5.41) is 10.7. The zero-order chi connectivity index (χ0) is 15.6. The maximum Gasteiger partial charge on any atom is 0.435 e. The van der Waals surface area contributed by atoms with Crippen molar-refractivity contribution >= 4 is 18.2 Å². The zero-order valence-corrected chi connectivity index (χ0v) is 13.4. The molecule has 9 heteroatoms. The van der Waals surface area contributed by atoms with Gasteiger partial charge in [-0.25, -0.2) is 0 Å². The Balaban J connectivity index is 0.00000242. The van der Waals surface area contributed by atoms with Crippen molar-refractivity contribution in [2.24, 2.45) is 7.05 Å². The first-order valence-electron chi connectivity index (χ1n) is 6.70. The van der Waals surface area contributed by atoms with Gasteiger partial charge in [0.1, 0.15) is 5.82 Å². The number of hydrogen-bond acceptors (Lipinski definition) is 3. The van der Waals surface area contributed by atoms with Gasteiger partial charge in [0.25, 0.3) is 0 Å². The van der Waals surface area contributed by atoms with Crippen LogP contribution in [0, 0.1) is 0 Å². The maximum absolute atomic E-state index is 12.8. The molecule has 0 bridgehead atoms. The van der Waals surface area contributed by atoms with E-state index in [2.05, 4.69) is 15.5 Å². The van der Waals surface area contributed by atoms with Crippen molar-refractivity contribution in [3.63, 3.8) is 0 Å². The second-order valence-electron chi connectivity index (χ2n) is 4.97. The van der Waals surface area contributed by atoms with Gasteiger partial charge in [-0.1, -0.05) is 6.92 Å². The summed E-state index contributed by atoms with van der Waals surface area (Å²) in [6.07, 6.45) is -0.345. The van der Waals surface area contributed by atoms with Crippen LogP contribution in [0.25, 0.3) is 0 Å². The molecule has 5 nitrogen and oxygen atoms in total. The lowest BCUT2D eigenvalue weighted by Crippen LogP contribution is -2.12. The summed E-state index contributed by atoms with van der Waals surface area (Å²) in [6, 6.07) is 2.00. The molecule has 124 valence electrons. The molecule has 1 atom stereocenters. The summed E-state index contributed by atoms with van der Waals surface area (Å²) in [6.45, 7) is 4.10. The molecule has 0 aliphatic rings. The number of aromatic nitrogens is 4. The Morgan fingerprint density at radius 2 is 2.00 bits per heavy atom. The second kappa shape index (κ2) is 7.04. The highest BCUT2D eigenvalue weighted by Gasteiger charge is 2.36. The lowest BCUT2D eigenvalue weighted by molar-refractivity contribution is -0.142. The average Bonchev–Trinajstić information content (AvgIpc) is 3.01. The summed E-state index contributed by atoms with van der Waals surface area (Å²) in [5.74, 6) is 0.548. The van der Waals surface area contributed by atoms with Gasteiger partial charge in [0.15, 0.2) is 5.69 Å². The van der Waals surface area contributed by atoms with Gasteiger partial charge in [-0.15, -0.1) is 12.4 Å². The molecule has 2 aromatic rings. The molecule has 0 aliphatic carbocycles. The molecular formula is C13H19ClF3N5. The van der Waals surface area contributed by atoms with Crippen LogP contribution in [0.15, 0.2) is 18.5 Å². The van der Waals surface area contributed by atoms with Crippen LogP contribution in [0.1, 0.15) is 37.6 Å². The van der Waals surface area contributed by atoms with Crippen molar-refractivity contribution in [2.75, 3.05) is 5.32 Å². The number of nitrogens with zero attached hydrogens (tertiary/aromatic N) is 4. The minimum absolute atomic E-state index is 0. The molecule has 0 radical (unpaired) electrons. The number of aryl methyl sites for hydroxylation is 1. The van der Waals surface area contributed by atoms with Crippen LogP contribution >= 0.6 is 12.4 Å². The van der Waals surface area contributed by atoms with Crippen LogP contribution in [0.2, 0.25) is 0 Å². The number of alkyl halides is 3. The monoisotopic (exact) mass is 337 g/mol. The van der Waals surface area contributed by atoms with Crippen molar-refractivity contribution in [3.05, 3.63) is 29.7 Å². The number of nitrogens with one attached hydrogen (secondary N) is 1. The molecular weight excluding hydrogens is 319 g/mol. The molecule has 1 unspecified atom stereocenters. The summed E-state index contributed by atoms with van der Waals surface area (Å²) in [4.78, 5) is 0. The van der Waals surface area contributed by atoms with E-state index in [4.69, 9.17) is 0 Å². The molecule has 2 heterocycles. The largest absolute Gasteiger partial charge is 0.435 e. The third-order valence-electron chi connectivity index (χ3n) is 3.28. The third kappa shape index (κ3) is 4.16. The molecule has 0 saturated heterocycles. The van der Waals surface area contributed by atoms with E-state index in [1.807, 2.05) is 20.0 Å². The van der Waals surface area contributed by atoms with Gasteiger partial charge in [-0.3, -0.25) is 9.36 Å². The smallest absolute Gasteiger partial charge is 0.364 e. The Kier molecular flexibility index (Phi) is 5.87. The predicted octanol–water partition coefficient (Wildman–Crippen LogP) is 3.64. The fourth-order valence-electron chi connectivity index (χ4n) is 1.96. The van der Waals surface area contributed by atoms with E-state index in [1.54, 1.807) is 10.7 Å². The standard InChI is InChI=1S/C13H18F3N5.ClH/c1-4-9(2)21-6-5-11(18-21)17-7-10-8-20(3)19-12(10)13(14,15)16;/h5-6,8-9H,4,7H2,1-3H3,(H,17,18);1H. The van der Waals surface area contributed by atoms with Crippen LogP contribution in [-0.4, -0.2) is 19.6 Å². The first-order chi connectivity index (χ1) is 9.81. The first-order valence-corrected chi connectivity index (χ1v) is 6.70. The van der Waals surface area contributed by atoms with E-state index in [-0.39, 0.29) is 30.6 Å². The number of anilines is 1. The van der Waals surface area contributed by atoms with Gasteiger partial charge in [0.2, 0.25) is 0 Å². The van der Waals surface area contributed by atoms with Crippen molar-refractivity contribution in [2.45, 2.75) is 39.0 Å². The normalized spacial score (nSPS) is 12.8. The van der Waals surface area contributed by atoms with Gasteiger partial charge in [0.05, 0.1) is 0 Å². The number of rotatable bonds is 5. The Bertz CT molecular complexity index is 605. The fourth-order valence-corrected chi connectivity index (χ4v) is 1.96. The Labute approximate surface area is 132 Å². The van der Waals surface area contributed by atoms with E-state index in [9.17, 15) is 13.2 Å². The van der Waals surface area contributed by atoms with E-state index in [1.165, 1.54) is 13.2 Å². The Morgan fingerprint density at radius 1 is 1.32 bits per heavy atom. The van der Waals surface area contributed by atoms with Gasteiger partial charge < -0.3 is 5.32 Å². The lowest BCUT2D eigenvalue weighted by Gasteiger charge is -2.09. The molecule has 0 spiro atoms. The van der Waals surface area contributed by atoms with Crippen molar-refractivity contribution < 1.29 is 13.2 Å². The summed E-state index contributed by atoms with van der Waals surface area (Å²) in [7, 11) is 1.47. The number of halogens is 4. The van der Waals surface area contributed by atoms with Crippen LogP contribution < -0.4 is 5.32 Å². The third-order valence-corrected chi connectivity index (χ3v) is 3.28. The summed E-state index contributed by atoms with van der Waals surface area (Å²) >= 11 is 0. The van der Waals surface area contributed by atoms with E-state index in [0.29, 0.717) is 5.82 Å². The molecule has 1 N–H and O–H groups in total. The molecule has 2 rings (SSSR count). The molecule has 0 fully saturated rings. The van der Waals surface area contributed by atoms with Gasteiger partial charge in [-0.2, -0.15) is 23.4 Å². The molecule has 0 aromatic carbocycles. The molecule has 0 amide bonds. The minimum Gasteiger partial charge on any atom is -0.364 e. The van der Waals surface area contributed by atoms with E-state index in [0.717, 1.165) is 11.1 Å². The quantitative estimate of drug-likeness (QED) is 0.906. The summed E-state index contributed by atoms with van der Waals surface area (Å²) in [5.41, 5.74) is -0.762. The average molecular weight is 338 g/mol. The predicted molar refractivity (Wildman–Crippen MR) is 80.0 cm³/mol. The second-order valence-corrected chi connectivity index (χ2v) is 4.97. The van der Waals surface area contributed by atoms with Gasteiger partial charge in [0, 0.05) is 43.7 Å². The van der Waals surface area contributed by atoms with Crippen LogP contribution in [-0.2, 0) is 19.8 Å². The molecule has 0 saturated carbocycles. The Hall–Kier alpha value is -1.70. The van der Waals surface area contributed by atoms with Gasteiger partial charge in [-0.05, 0) is 13.3 Å². The highest BCUT2D eigenvalue weighted by Crippen LogP contribution is 2.30. The van der Waals surface area contributed by atoms with Crippen molar-refractivity contribution in [3.8, 4) is 0 Å². The zero-order valence-electron chi connectivity index (χ0n) is 12.6. The van der Waals surface area contributed by atoms with Gasteiger partial charge >= 0.3 is 6.18 Å². The maximum atomic E-state index is 12.8. The van der Waals surface area contributed by atoms with Crippen LogP contribution in [0.3, 0.4) is 0 Å². The summed E-state index contributed by atoms with van der Waals surface area (Å²) < 4.78 is 41.4. The SMILES string of the molecule is CCC(C)n1ccc(NCc2cn(C)nc2C(F)(F)F)n1.Cl. The Morgan fingerprint density at radius 3 is 2.59 bits per heavy atom.